The normalized spacial score (nSPS) is 15.8. The molecule has 0 saturated carbocycles. The smallest absolute Gasteiger partial charge is 0.135 e. The molecule has 0 saturated heterocycles. The molecule has 10 aromatic carbocycles. The van der Waals surface area contributed by atoms with E-state index in [1.54, 1.807) is 0 Å². The lowest BCUT2D eigenvalue weighted by atomic mass is 9.65. The summed E-state index contributed by atoms with van der Waals surface area (Å²) in [5.74, 6) is 0. The Morgan fingerprint density at radius 2 is 0.766 bits per heavy atom. The van der Waals surface area contributed by atoms with E-state index in [1.807, 2.05) is 6.07 Å². The van der Waals surface area contributed by atoms with Crippen molar-refractivity contribution in [2.75, 3.05) is 4.90 Å². The number of benzene rings is 10. The summed E-state index contributed by atoms with van der Waals surface area (Å²) in [6.07, 6.45) is 0. The van der Waals surface area contributed by atoms with Gasteiger partial charge in [-0.15, -0.1) is 0 Å². The van der Waals surface area contributed by atoms with E-state index >= 15 is 0 Å². The first-order valence-electron chi connectivity index (χ1n) is 22.4. The minimum Gasteiger partial charge on any atom is -0.456 e. The van der Waals surface area contributed by atoms with Crippen molar-refractivity contribution in [1.82, 2.24) is 0 Å². The number of anilines is 3. The molecule has 3 aliphatic carbocycles. The van der Waals surface area contributed by atoms with Gasteiger partial charge in [0.25, 0.3) is 0 Å². The van der Waals surface area contributed by atoms with Crippen LogP contribution in [0.5, 0.6) is 0 Å². The maximum atomic E-state index is 6.42. The van der Waals surface area contributed by atoms with Gasteiger partial charge >= 0.3 is 0 Å². The molecule has 14 rings (SSSR count). The van der Waals surface area contributed by atoms with Crippen molar-refractivity contribution in [3.8, 4) is 44.5 Å². The molecule has 0 fully saturated rings. The predicted octanol–water partition coefficient (Wildman–Crippen LogP) is 16.5. The van der Waals surface area contributed by atoms with Crippen molar-refractivity contribution in [2.45, 2.75) is 24.7 Å². The summed E-state index contributed by atoms with van der Waals surface area (Å²) in [5.41, 5.74) is 22.4. The van der Waals surface area contributed by atoms with Gasteiger partial charge < -0.3 is 9.32 Å². The molecule has 1 spiro atoms. The summed E-state index contributed by atoms with van der Waals surface area (Å²) in [7, 11) is 0. The lowest BCUT2D eigenvalue weighted by Gasteiger charge is -2.36. The lowest BCUT2D eigenvalue weighted by Crippen LogP contribution is -2.29. The number of nitrogens with zero attached hydrogens (tertiary/aromatic N) is 1. The summed E-state index contributed by atoms with van der Waals surface area (Å²) >= 11 is 0. The summed E-state index contributed by atoms with van der Waals surface area (Å²) in [5, 5.41) is 4.72. The van der Waals surface area contributed by atoms with E-state index in [0.717, 1.165) is 39.0 Å². The largest absolute Gasteiger partial charge is 0.456 e. The molecule has 1 aromatic heterocycles. The Labute approximate surface area is 372 Å². The van der Waals surface area contributed by atoms with Crippen molar-refractivity contribution < 1.29 is 4.42 Å². The molecule has 0 bridgehead atoms. The van der Waals surface area contributed by atoms with Crippen molar-refractivity contribution in [1.29, 1.82) is 0 Å². The molecule has 2 heteroatoms. The van der Waals surface area contributed by atoms with Crippen LogP contribution < -0.4 is 4.90 Å². The highest BCUT2D eigenvalue weighted by Gasteiger charge is 2.50. The van der Waals surface area contributed by atoms with Gasteiger partial charge in [-0.2, -0.15) is 0 Å². The van der Waals surface area contributed by atoms with E-state index in [-0.39, 0.29) is 5.41 Å². The average Bonchev–Trinajstić information content (AvgIpc) is 3.91. The maximum Gasteiger partial charge on any atom is 0.135 e. The Bertz CT molecular complexity index is 3790. The number of hydrogen-bond donors (Lipinski definition) is 0. The second-order valence-corrected chi connectivity index (χ2v) is 18.4. The van der Waals surface area contributed by atoms with E-state index < -0.39 is 5.41 Å². The summed E-state index contributed by atoms with van der Waals surface area (Å²) in [4.78, 5) is 2.49. The first-order valence-corrected chi connectivity index (χ1v) is 22.4. The third-order valence-electron chi connectivity index (χ3n) is 14.9. The molecule has 1 unspecified atom stereocenters. The maximum absolute atomic E-state index is 6.42. The van der Waals surface area contributed by atoms with Gasteiger partial charge in [0.2, 0.25) is 0 Å². The Morgan fingerprint density at radius 3 is 1.47 bits per heavy atom. The molecular formula is C62H41NO. The van der Waals surface area contributed by atoms with Crippen LogP contribution in [0.3, 0.4) is 0 Å². The van der Waals surface area contributed by atoms with Crippen molar-refractivity contribution >= 4 is 49.8 Å². The quantitative estimate of drug-likeness (QED) is 0.177. The highest BCUT2D eigenvalue weighted by molar-refractivity contribution is 6.07. The van der Waals surface area contributed by atoms with Gasteiger partial charge in [-0.1, -0.05) is 166 Å². The number of hydrogen-bond acceptors (Lipinski definition) is 2. The van der Waals surface area contributed by atoms with Crippen LogP contribution in [-0.2, 0) is 10.8 Å². The predicted molar refractivity (Wildman–Crippen MR) is 265 cm³/mol. The number of furan rings is 1. The first kappa shape index (κ1) is 35.6. The fourth-order valence-electron chi connectivity index (χ4n) is 12.0. The zero-order valence-corrected chi connectivity index (χ0v) is 35.6. The molecule has 0 radical (unpaired) electrons. The molecule has 0 aliphatic heterocycles. The van der Waals surface area contributed by atoms with E-state index in [0.29, 0.717) is 0 Å². The average molecular weight is 816 g/mol. The summed E-state index contributed by atoms with van der Waals surface area (Å²) in [6.45, 7) is 4.74. The second kappa shape index (κ2) is 12.8. The van der Waals surface area contributed by atoms with Gasteiger partial charge in [0.05, 0.1) is 5.41 Å². The minimum atomic E-state index is -0.630. The summed E-state index contributed by atoms with van der Waals surface area (Å²) < 4.78 is 6.42. The zero-order chi connectivity index (χ0) is 42.3. The monoisotopic (exact) mass is 815 g/mol. The van der Waals surface area contributed by atoms with E-state index in [1.165, 1.54) is 88.7 Å². The molecule has 11 aromatic rings. The van der Waals surface area contributed by atoms with Crippen LogP contribution in [0.2, 0.25) is 0 Å². The van der Waals surface area contributed by atoms with Gasteiger partial charge in [-0.05, 0) is 149 Å². The molecule has 2 nitrogen and oxygen atoms in total. The number of para-hydroxylation sites is 1. The standard InChI is InChI=1S/C62H41NO/c1-61(2)53-23-11-7-20-46(53)49-31-28-41(36-56(49)61)63(40-29-32-60-52(35-40)50-22-10-14-26-59(50)64-60)42-27-30-48-44-18-6-5-17-43(44)45-19-8-12-24-54(45)62(58(48)37-42)55-25-13-9-21-47(55)51-33-38-15-3-4-16-39(38)34-57(51)62/h3-37H,1-2H3. The fraction of sp³-hybridized carbons (Fsp3) is 0.0645. The van der Waals surface area contributed by atoms with Gasteiger partial charge in [-0.25, -0.2) is 0 Å². The van der Waals surface area contributed by atoms with Crippen LogP contribution in [-0.4, -0.2) is 0 Å². The van der Waals surface area contributed by atoms with Crippen LogP contribution in [0.4, 0.5) is 17.1 Å². The molecular weight excluding hydrogens is 775 g/mol. The molecule has 1 atom stereocenters. The van der Waals surface area contributed by atoms with E-state index in [2.05, 4.69) is 225 Å². The van der Waals surface area contributed by atoms with Gasteiger partial charge in [0.1, 0.15) is 11.2 Å². The highest BCUT2D eigenvalue weighted by atomic mass is 16.3. The molecule has 300 valence electrons. The van der Waals surface area contributed by atoms with Crippen LogP contribution in [0.1, 0.15) is 47.2 Å². The topological polar surface area (TPSA) is 16.4 Å². The Kier molecular flexibility index (Phi) is 7.13. The Balaban J connectivity index is 1.10. The van der Waals surface area contributed by atoms with Crippen molar-refractivity contribution in [2.24, 2.45) is 0 Å². The third-order valence-corrected chi connectivity index (χ3v) is 14.9. The van der Waals surface area contributed by atoms with Crippen LogP contribution >= 0.6 is 0 Å². The van der Waals surface area contributed by atoms with Crippen LogP contribution in [0, 0.1) is 0 Å². The van der Waals surface area contributed by atoms with Crippen LogP contribution in [0.15, 0.2) is 217 Å². The SMILES string of the molecule is CC1(C)c2ccccc2-c2ccc(N(c3ccc4c(c3)C3(c5ccccc5-c5ccccc5-4)c4ccccc4-c4cc5ccccc5cc43)c3ccc4oc5ccccc5c4c3)cc21. The minimum absolute atomic E-state index is 0.163. The Morgan fingerprint density at radius 1 is 0.312 bits per heavy atom. The molecule has 0 N–H and O–H groups in total. The first-order chi connectivity index (χ1) is 31.5. The van der Waals surface area contributed by atoms with E-state index in [4.69, 9.17) is 4.42 Å². The molecule has 1 heterocycles. The fourth-order valence-corrected chi connectivity index (χ4v) is 12.0. The highest BCUT2D eigenvalue weighted by Crippen LogP contribution is 2.63. The lowest BCUT2D eigenvalue weighted by molar-refractivity contribution is 0.660. The summed E-state index contributed by atoms with van der Waals surface area (Å²) in [6, 6.07) is 79.6. The van der Waals surface area contributed by atoms with Crippen molar-refractivity contribution in [3.05, 3.63) is 246 Å². The molecule has 64 heavy (non-hydrogen) atoms. The van der Waals surface area contributed by atoms with Gasteiger partial charge in [0, 0.05) is 33.2 Å². The van der Waals surface area contributed by atoms with Gasteiger partial charge in [-0.3, -0.25) is 0 Å². The van der Waals surface area contributed by atoms with Crippen LogP contribution in [0.25, 0.3) is 77.2 Å². The Hall–Kier alpha value is -7.94. The number of rotatable bonds is 3. The molecule has 0 amide bonds. The van der Waals surface area contributed by atoms with E-state index in [9.17, 15) is 0 Å². The van der Waals surface area contributed by atoms with Gasteiger partial charge in [0.15, 0.2) is 0 Å². The second-order valence-electron chi connectivity index (χ2n) is 18.4. The third kappa shape index (κ3) is 4.64. The molecule has 3 aliphatic rings. The number of fused-ring (bicyclic) bond motifs is 19. The van der Waals surface area contributed by atoms with Crippen molar-refractivity contribution in [3.63, 3.8) is 0 Å². The zero-order valence-electron chi connectivity index (χ0n) is 35.6.